The molecule has 1 heterocycles. The highest BCUT2D eigenvalue weighted by Crippen LogP contribution is 2.27. The minimum Gasteiger partial charge on any atom is -0.351 e. The van der Waals surface area contributed by atoms with E-state index in [2.05, 4.69) is 40.1 Å². The fourth-order valence-corrected chi connectivity index (χ4v) is 3.02. The number of hydrogen-bond acceptors (Lipinski definition) is 2. The number of amides is 1. The first kappa shape index (κ1) is 14.8. The summed E-state index contributed by atoms with van der Waals surface area (Å²) in [6.07, 6.45) is 2.25. The molecule has 3 nitrogen and oxygen atoms in total. The molecule has 1 aliphatic heterocycles. The van der Waals surface area contributed by atoms with Gasteiger partial charge in [-0.15, -0.1) is 0 Å². The van der Waals surface area contributed by atoms with E-state index in [1.807, 2.05) is 25.1 Å². The summed E-state index contributed by atoms with van der Waals surface area (Å²) < 4.78 is 1.05. The smallest absolute Gasteiger partial charge is 0.252 e. The minimum atomic E-state index is 0.0489. The van der Waals surface area contributed by atoms with E-state index in [-0.39, 0.29) is 11.3 Å². The van der Waals surface area contributed by atoms with Crippen molar-refractivity contribution in [1.29, 1.82) is 0 Å². The number of piperidine rings is 1. The average molecular weight is 372 g/mol. The maximum absolute atomic E-state index is 12.3. The van der Waals surface area contributed by atoms with Crippen LogP contribution in [0.2, 0.25) is 0 Å². The van der Waals surface area contributed by atoms with Crippen LogP contribution in [-0.2, 0) is 0 Å². The quantitative estimate of drug-likeness (QED) is 0.802. The van der Waals surface area contributed by atoms with Gasteiger partial charge in [-0.05, 0) is 72.5 Å². The van der Waals surface area contributed by atoms with Crippen LogP contribution in [-0.4, -0.2) is 25.5 Å². The van der Waals surface area contributed by atoms with E-state index in [0.717, 1.165) is 47.2 Å². The van der Waals surface area contributed by atoms with Crippen molar-refractivity contribution < 1.29 is 4.79 Å². The van der Waals surface area contributed by atoms with E-state index in [1.54, 1.807) is 0 Å². The van der Waals surface area contributed by atoms with Gasteiger partial charge < -0.3 is 10.6 Å². The van der Waals surface area contributed by atoms with Crippen molar-refractivity contribution in [3.63, 3.8) is 0 Å². The zero-order valence-corrected chi connectivity index (χ0v) is 13.7. The second-order valence-corrected chi connectivity index (χ2v) is 6.76. The summed E-state index contributed by atoms with van der Waals surface area (Å²) in [6, 6.07) is 5.88. The van der Waals surface area contributed by atoms with E-state index in [1.165, 1.54) is 0 Å². The fourth-order valence-electron chi connectivity index (χ4n) is 2.42. The van der Waals surface area contributed by atoms with Crippen molar-refractivity contribution in [2.75, 3.05) is 19.6 Å². The summed E-state index contributed by atoms with van der Waals surface area (Å²) in [7, 11) is 0. The van der Waals surface area contributed by atoms with Crippen molar-refractivity contribution in [2.45, 2.75) is 26.7 Å². The predicted molar refractivity (Wildman–Crippen MR) is 86.4 cm³/mol. The second-order valence-electron chi connectivity index (χ2n) is 5.68. The third-order valence-electron chi connectivity index (χ3n) is 3.92. The monoisotopic (exact) mass is 372 g/mol. The van der Waals surface area contributed by atoms with Gasteiger partial charge in [0.1, 0.15) is 0 Å². The molecule has 19 heavy (non-hydrogen) atoms. The first-order valence-corrected chi connectivity index (χ1v) is 7.84. The fraction of sp³-hybridized carbons (Fsp3) is 0.533. The van der Waals surface area contributed by atoms with Crippen LogP contribution >= 0.6 is 22.6 Å². The molecule has 4 heteroatoms. The molecular formula is C15H21IN2O. The molecule has 0 spiro atoms. The molecule has 1 aromatic carbocycles. The number of nitrogens with one attached hydrogen (secondary N) is 2. The first-order valence-electron chi connectivity index (χ1n) is 6.76. The van der Waals surface area contributed by atoms with Gasteiger partial charge in [0.25, 0.3) is 5.91 Å². The Morgan fingerprint density at radius 1 is 1.42 bits per heavy atom. The molecular weight excluding hydrogens is 351 g/mol. The van der Waals surface area contributed by atoms with Crippen LogP contribution in [0.1, 0.15) is 35.7 Å². The van der Waals surface area contributed by atoms with E-state index < -0.39 is 0 Å². The third kappa shape index (κ3) is 3.69. The highest BCUT2D eigenvalue weighted by molar-refractivity contribution is 14.1. The Morgan fingerprint density at radius 2 is 2.11 bits per heavy atom. The largest absolute Gasteiger partial charge is 0.351 e. The number of halogens is 1. The third-order valence-corrected chi connectivity index (χ3v) is 5.35. The Balaban J connectivity index is 1.99. The number of aryl methyl sites for hydroxylation is 1. The van der Waals surface area contributed by atoms with Gasteiger partial charge in [0.2, 0.25) is 0 Å². The summed E-state index contributed by atoms with van der Waals surface area (Å²) in [4.78, 5) is 12.3. The minimum absolute atomic E-state index is 0.0489. The number of hydrogen-bond donors (Lipinski definition) is 2. The molecule has 1 aliphatic rings. The molecule has 0 saturated carbocycles. The van der Waals surface area contributed by atoms with Gasteiger partial charge in [0.05, 0.1) is 5.56 Å². The Kier molecular flexibility index (Phi) is 4.84. The number of rotatable bonds is 3. The molecule has 1 amide bonds. The Bertz CT molecular complexity index is 467. The normalized spacial score (nSPS) is 18.1. The van der Waals surface area contributed by atoms with Crippen LogP contribution in [0.5, 0.6) is 0 Å². The van der Waals surface area contributed by atoms with Crippen LogP contribution in [0.15, 0.2) is 18.2 Å². The van der Waals surface area contributed by atoms with Crippen molar-refractivity contribution in [3.8, 4) is 0 Å². The number of benzene rings is 1. The topological polar surface area (TPSA) is 41.1 Å². The molecule has 104 valence electrons. The van der Waals surface area contributed by atoms with E-state index in [9.17, 15) is 4.79 Å². The molecule has 0 atom stereocenters. The lowest BCUT2D eigenvalue weighted by Gasteiger charge is -2.34. The molecule has 0 unspecified atom stereocenters. The lowest BCUT2D eigenvalue weighted by molar-refractivity contribution is 0.0921. The van der Waals surface area contributed by atoms with Gasteiger partial charge in [-0.2, -0.15) is 0 Å². The zero-order valence-electron chi connectivity index (χ0n) is 11.6. The zero-order chi connectivity index (χ0) is 13.9. The molecule has 0 bridgehead atoms. The first-order chi connectivity index (χ1) is 9.02. The van der Waals surface area contributed by atoms with Gasteiger partial charge in [0.15, 0.2) is 0 Å². The van der Waals surface area contributed by atoms with E-state index in [0.29, 0.717) is 0 Å². The maximum Gasteiger partial charge on any atom is 0.252 e. The molecule has 0 aliphatic carbocycles. The van der Waals surface area contributed by atoms with E-state index in [4.69, 9.17) is 0 Å². The maximum atomic E-state index is 12.3. The number of carbonyl (C=O) groups excluding carboxylic acids is 1. The molecule has 0 radical (unpaired) electrons. The van der Waals surface area contributed by atoms with Crippen molar-refractivity contribution in [1.82, 2.24) is 10.6 Å². The van der Waals surface area contributed by atoms with Crippen molar-refractivity contribution in [3.05, 3.63) is 32.9 Å². The Labute approximate surface area is 128 Å². The molecule has 1 aromatic rings. The van der Waals surface area contributed by atoms with Gasteiger partial charge in [-0.25, -0.2) is 0 Å². The van der Waals surface area contributed by atoms with Crippen LogP contribution in [0, 0.1) is 15.9 Å². The Hall–Kier alpha value is -0.620. The molecule has 0 aromatic heterocycles. The summed E-state index contributed by atoms with van der Waals surface area (Å²) in [5.74, 6) is 0.0489. The van der Waals surface area contributed by atoms with Crippen LogP contribution in [0.4, 0.5) is 0 Å². The highest BCUT2D eigenvalue weighted by atomic mass is 127. The molecule has 1 saturated heterocycles. The SMILES string of the molecule is Cc1cccc(C(=O)NCC2(C)CCNCC2)c1I. The van der Waals surface area contributed by atoms with Gasteiger partial charge in [0, 0.05) is 10.1 Å². The lowest BCUT2D eigenvalue weighted by Crippen LogP contribution is -2.43. The summed E-state index contributed by atoms with van der Waals surface area (Å²) in [5, 5.41) is 6.47. The van der Waals surface area contributed by atoms with Crippen molar-refractivity contribution in [2.24, 2.45) is 5.41 Å². The van der Waals surface area contributed by atoms with Crippen molar-refractivity contribution >= 4 is 28.5 Å². The van der Waals surface area contributed by atoms with E-state index >= 15 is 0 Å². The van der Waals surface area contributed by atoms with Crippen LogP contribution < -0.4 is 10.6 Å². The second kappa shape index (κ2) is 6.22. The predicted octanol–water partition coefficient (Wildman–Crippen LogP) is 2.72. The Morgan fingerprint density at radius 3 is 2.79 bits per heavy atom. The van der Waals surface area contributed by atoms with Gasteiger partial charge in [-0.1, -0.05) is 19.1 Å². The summed E-state index contributed by atoms with van der Waals surface area (Å²) in [5.41, 5.74) is 2.18. The summed E-state index contributed by atoms with van der Waals surface area (Å²) in [6.45, 7) is 7.15. The van der Waals surface area contributed by atoms with Crippen LogP contribution in [0.3, 0.4) is 0 Å². The molecule has 2 N–H and O–H groups in total. The van der Waals surface area contributed by atoms with Gasteiger partial charge >= 0.3 is 0 Å². The summed E-state index contributed by atoms with van der Waals surface area (Å²) >= 11 is 2.25. The highest BCUT2D eigenvalue weighted by Gasteiger charge is 2.27. The lowest BCUT2D eigenvalue weighted by atomic mass is 9.81. The number of carbonyl (C=O) groups is 1. The molecule has 2 rings (SSSR count). The van der Waals surface area contributed by atoms with Crippen LogP contribution in [0.25, 0.3) is 0 Å². The average Bonchev–Trinajstić information content (AvgIpc) is 2.40. The standard InChI is InChI=1S/C15H21IN2O/c1-11-4-3-5-12(13(11)16)14(19)18-10-15(2)6-8-17-9-7-15/h3-5,17H,6-10H2,1-2H3,(H,18,19). The molecule has 1 fully saturated rings. The van der Waals surface area contributed by atoms with Gasteiger partial charge in [-0.3, -0.25) is 4.79 Å².